The van der Waals surface area contributed by atoms with Crippen LogP contribution in [0.4, 0.5) is 18.9 Å². The molecule has 30 heavy (non-hydrogen) atoms. The van der Waals surface area contributed by atoms with Crippen molar-refractivity contribution in [2.24, 2.45) is 0 Å². The highest BCUT2D eigenvalue weighted by molar-refractivity contribution is 6.05. The Bertz CT molecular complexity index is 1070. The van der Waals surface area contributed by atoms with Crippen molar-refractivity contribution in [1.82, 2.24) is 20.1 Å². The van der Waals surface area contributed by atoms with Crippen molar-refractivity contribution >= 4 is 22.5 Å². The summed E-state index contributed by atoms with van der Waals surface area (Å²) in [6.07, 6.45) is -0.787. The summed E-state index contributed by atoms with van der Waals surface area (Å²) < 4.78 is 45.9. The Kier molecular flexibility index (Phi) is 5.33. The first-order chi connectivity index (χ1) is 14.3. The Labute approximate surface area is 170 Å². The average Bonchev–Trinajstić information content (AvgIpc) is 3.16. The van der Waals surface area contributed by atoms with Crippen LogP contribution in [0.15, 0.2) is 36.5 Å². The standard InChI is InChI=1S/C20H20F3N5O2/c1-30-17-10-15-12(11-28(27-15)13-5-7-24-8-6-13)9-16(17)26-19(29)14-3-2-4-18(25-14)20(21,22)23/h2-4,9-11,13,24H,5-8H2,1H3,(H,26,29). The molecule has 0 aliphatic carbocycles. The number of nitrogens with zero attached hydrogens (tertiary/aromatic N) is 3. The molecule has 3 aromatic rings. The normalized spacial score (nSPS) is 15.3. The lowest BCUT2D eigenvalue weighted by Crippen LogP contribution is -2.29. The molecule has 1 aliphatic rings. The minimum absolute atomic E-state index is 0.289. The van der Waals surface area contributed by atoms with Crippen molar-refractivity contribution in [3.8, 4) is 5.75 Å². The van der Waals surface area contributed by atoms with Crippen molar-refractivity contribution in [2.45, 2.75) is 25.1 Å². The first-order valence-electron chi connectivity index (χ1n) is 9.48. The Hall–Kier alpha value is -3.14. The lowest BCUT2D eigenvalue weighted by Gasteiger charge is -2.22. The summed E-state index contributed by atoms with van der Waals surface area (Å²) in [6, 6.07) is 6.88. The van der Waals surface area contributed by atoms with E-state index in [1.54, 1.807) is 12.1 Å². The van der Waals surface area contributed by atoms with Crippen LogP contribution >= 0.6 is 0 Å². The van der Waals surface area contributed by atoms with Gasteiger partial charge in [0.1, 0.15) is 17.1 Å². The molecule has 0 radical (unpaired) electrons. The van der Waals surface area contributed by atoms with E-state index in [-0.39, 0.29) is 11.7 Å². The van der Waals surface area contributed by atoms with Gasteiger partial charge in [0.05, 0.1) is 24.4 Å². The Morgan fingerprint density at radius 2 is 2.03 bits per heavy atom. The maximum atomic E-state index is 12.9. The number of halogens is 3. The molecular weight excluding hydrogens is 399 g/mol. The SMILES string of the molecule is COc1cc2nn(C3CCNCC3)cc2cc1NC(=O)c1cccc(C(F)(F)F)n1. The molecule has 1 aromatic carbocycles. The van der Waals surface area contributed by atoms with Crippen molar-refractivity contribution in [3.05, 3.63) is 47.9 Å². The van der Waals surface area contributed by atoms with Crippen LogP contribution in [0.5, 0.6) is 5.75 Å². The number of benzene rings is 1. The van der Waals surface area contributed by atoms with E-state index in [1.807, 2.05) is 10.9 Å². The van der Waals surface area contributed by atoms with Gasteiger partial charge in [-0.05, 0) is 44.1 Å². The fourth-order valence-electron chi connectivity index (χ4n) is 3.50. The third-order valence-electron chi connectivity index (χ3n) is 5.05. The number of methoxy groups -OCH3 is 1. The fraction of sp³-hybridized carbons (Fsp3) is 0.350. The number of nitrogens with one attached hydrogen (secondary N) is 2. The number of piperidine rings is 1. The number of hydrogen-bond donors (Lipinski definition) is 2. The summed E-state index contributed by atoms with van der Waals surface area (Å²) in [6.45, 7) is 1.85. The van der Waals surface area contributed by atoms with E-state index in [9.17, 15) is 18.0 Å². The van der Waals surface area contributed by atoms with E-state index >= 15 is 0 Å². The van der Waals surface area contributed by atoms with Gasteiger partial charge in [-0.25, -0.2) is 4.98 Å². The molecule has 2 aromatic heterocycles. The molecule has 10 heteroatoms. The second-order valence-corrected chi connectivity index (χ2v) is 7.06. The monoisotopic (exact) mass is 419 g/mol. The van der Waals surface area contributed by atoms with Crippen molar-refractivity contribution < 1.29 is 22.7 Å². The van der Waals surface area contributed by atoms with Crippen LogP contribution in [0, 0.1) is 0 Å². The molecule has 3 heterocycles. The number of aromatic nitrogens is 3. The van der Waals surface area contributed by atoms with Crippen LogP contribution in [0.2, 0.25) is 0 Å². The van der Waals surface area contributed by atoms with Gasteiger partial charge >= 0.3 is 6.18 Å². The smallest absolute Gasteiger partial charge is 0.433 e. The number of anilines is 1. The van der Waals surface area contributed by atoms with E-state index in [2.05, 4.69) is 20.7 Å². The highest BCUT2D eigenvalue weighted by Gasteiger charge is 2.33. The predicted octanol–water partition coefficient (Wildman–Crippen LogP) is 3.64. The molecule has 1 aliphatic heterocycles. The van der Waals surface area contributed by atoms with Gasteiger partial charge in [0, 0.05) is 17.6 Å². The average molecular weight is 419 g/mol. The Morgan fingerprint density at radius 1 is 1.27 bits per heavy atom. The lowest BCUT2D eigenvalue weighted by molar-refractivity contribution is -0.141. The first kappa shape index (κ1) is 20.1. The van der Waals surface area contributed by atoms with Gasteiger partial charge in [-0.2, -0.15) is 18.3 Å². The van der Waals surface area contributed by atoms with Crippen LogP contribution in [-0.2, 0) is 6.18 Å². The topological polar surface area (TPSA) is 81.1 Å². The summed E-state index contributed by atoms with van der Waals surface area (Å²) in [5.74, 6) is -0.400. The van der Waals surface area contributed by atoms with E-state index < -0.39 is 17.8 Å². The van der Waals surface area contributed by atoms with Crippen LogP contribution < -0.4 is 15.4 Å². The zero-order valence-corrected chi connectivity index (χ0v) is 16.2. The number of rotatable bonds is 4. The molecule has 0 spiro atoms. The Balaban J connectivity index is 1.62. The summed E-state index contributed by atoms with van der Waals surface area (Å²) in [4.78, 5) is 15.9. The quantitative estimate of drug-likeness (QED) is 0.675. The molecule has 1 fully saturated rings. The first-order valence-corrected chi connectivity index (χ1v) is 9.48. The maximum Gasteiger partial charge on any atom is 0.433 e. The van der Waals surface area contributed by atoms with Gasteiger partial charge < -0.3 is 15.4 Å². The van der Waals surface area contributed by atoms with E-state index in [0.29, 0.717) is 17.0 Å². The van der Waals surface area contributed by atoms with Crippen LogP contribution in [0.3, 0.4) is 0 Å². The van der Waals surface area contributed by atoms with Crippen molar-refractivity contribution in [1.29, 1.82) is 0 Å². The molecule has 1 saturated heterocycles. The number of pyridine rings is 1. The predicted molar refractivity (Wildman–Crippen MR) is 105 cm³/mol. The lowest BCUT2D eigenvalue weighted by atomic mass is 10.1. The van der Waals surface area contributed by atoms with Crippen LogP contribution in [0.1, 0.15) is 35.1 Å². The van der Waals surface area contributed by atoms with Gasteiger partial charge in [0.25, 0.3) is 5.91 Å². The van der Waals surface area contributed by atoms with Crippen molar-refractivity contribution in [3.63, 3.8) is 0 Å². The van der Waals surface area contributed by atoms with Gasteiger partial charge in [0.2, 0.25) is 0 Å². The number of hydrogen-bond acceptors (Lipinski definition) is 5. The van der Waals surface area contributed by atoms with E-state index in [1.165, 1.54) is 13.2 Å². The molecule has 0 atom stereocenters. The van der Waals surface area contributed by atoms with Crippen molar-refractivity contribution in [2.75, 3.05) is 25.5 Å². The third kappa shape index (κ3) is 4.09. The summed E-state index contributed by atoms with van der Waals surface area (Å²) in [5.41, 5.74) is -0.419. The maximum absolute atomic E-state index is 12.9. The van der Waals surface area contributed by atoms with Gasteiger partial charge in [0.15, 0.2) is 0 Å². The highest BCUT2D eigenvalue weighted by atomic mass is 19.4. The van der Waals surface area contributed by atoms with Gasteiger partial charge in [-0.3, -0.25) is 9.48 Å². The van der Waals surface area contributed by atoms with Crippen LogP contribution in [-0.4, -0.2) is 40.9 Å². The number of ether oxygens (including phenoxy) is 1. The zero-order valence-electron chi connectivity index (χ0n) is 16.2. The minimum atomic E-state index is -4.63. The molecular formula is C20H20F3N5O2. The zero-order chi connectivity index (χ0) is 21.3. The molecule has 158 valence electrons. The van der Waals surface area contributed by atoms with E-state index in [0.717, 1.165) is 43.5 Å². The number of carbonyl (C=O) groups is 1. The summed E-state index contributed by atoms with van der Waals surface area (Å²) in [5, 5.41) is 11.3. The summed E-state index contributed by atoms with van der Waals surface area (Å²) in [7, 11) is 1.45. The molecule has 0 bridgehead atoms. The summed E-state index contributed by atoms with van der Waals surface area (Å²) >= 11 is 0. The molecule has 0 unspecified atom stereocenters. The largest absolute Gasteiger partial charge is 0.494 e. The van der Waals surface area contributed by atoms with Gasteiger partial charge in [-0.15, -0.1) is 0 Å². The molecule has 1 amide bonds. The molecule has 4 rings (SSSR count). The minimum Gasteiger partial charge on any atom is -0.494 e. The Morgan fingerprint density at radius 3 is 2.73 bits per heavy atom. The third-order valence-corrected chi connectivity index (χ3v) is 5.05. The second kappa shape index (κ2) is 7.94. The molecule has 7 nitrogen and oxygen atoms in total. The number of fused-ring (bicyclic) bond motifs is 1. The van der Waals surface area contributed by atoms with Gasteiger partial charge in [-0.1, -0.05) is 6.07 Å². The number of amides is 1. The van der Waals surface area contributed by atoms with Crippen LogP contribution in [0.25, 0.3) is 10.9 Å². The number of carbonyl (C=O) groups excluding carboxylic acids is 1. The number of alkyl halides is 3. The molecule has 2 N–H and O–H groups in total. The highest BCUT2D eigenvalue weighted by Crippen LogP contribution is 2.32. The van der Waals surface area contributed by atoms with E-state index in [4.69, 9.17) is 4.74 Å². The fourth-order valence-corrected chi connectivity index (χ4v) is 3.50. The molecule has 0 saturated carbocycles. The second-order valence-electron chi connectivity index (χ2n) is 7.06.